The van der Waals surface area contributed by atoms with Gasteiger partial charge in [-0.05, 0) is 12.1 Å². The zero-order chi connectivity index (χ0) is 6.97. The van der Waals surface area contributed by atoms with E-state index in [4.69, 9.17) is 5.84 Å². The van der Waals surface area contributed by atoms with Gasteiger partial charge >= 0.3 is 0 Å². The molecule has 2 aromatic rings. The number of halogens is 1. The number of nitrogens with zero attached hydrogens (tertiary/aromatic N) is 3. The van der Waals surface area contributed by atoms with E-state index in [0.717, 1.165) is 15.9 Å². The second kappa shape index (κ2) is 2.53. The van der Waals surface area contributed by atoms with Crippen LogP contribution in [0.5, 0.6) is 0 Å². The Morgan fingerprint density at radius 3 is 2.00 bits per heavy atom. The lowest BCUT2D eigenvalue weighted by atomic mass is 10.3. The Bertz CT molecular complexity index is 323. The smallest absolute Gasteiger partial charge is 0.115 e. The molecule has 2 rings (SSSR count). The molecule has 1 heterocycles. The predicted molar refractivity (Wildman–Crippen MR) is 40.2 cm³/mol. The van der Waals surface area contributed by atoms with Crippen LogP contribution in [0.25, 0.3) is 11.0 Å². The van der Waals surface area contributed by atoms with E-state index in [1.54, 1.807) is 0 Å². The predicted octanol–water partition coefficient (Wildman–Crippen LogP) is 0.298. The van der Waals surface area contributed by atoms with E-state index in [9.17, 15) is 0 Å². The normalized spacial score (nSPS) is 9.45. The summed E-state index contributed by atoms with van der Waals surface area (Å²) in [4.78, 5) is 1.07. The molecule has 0 bridgehead atoms. The quantitative estimate of drug-likeness (QED) is 0.555. The minimum absolute atomic E-state index is 0. The highest BCUT2D eigenvalue weighted by Gasteiger charge is 1.95. The summed E-state index contributed by atoms with van der Waals surface area (Å²) in [5.74, 6) is 5.28. The van der Waals surface area contributed by atoms with Crippen LogP contribution in [-0.2, 0) is 0 Å². The van der Waals surface area contributed by atoms with Gasteiger partial charge in [0.15, 0.2) is 0 Å². The fourth-order valence-electron chi connectivity index (χ4n) is 0.876. The molecular weight excluding hydrogens is 147 g/mol. The fraction of sp³-hybridized carbons (Fsp3) is 0. The fourth-order valence-corrected chi connectivity index (χ4v) is 0.876. The average molecular weight is 154 g/mol. The van der Waals surface area contributed by atoms with Crippen molar-refractivity contribution in [2.24, 2.45) is 0 Å². The maximum atomic E-state index is 5.28. The van der Waals surface area contributed by atoms with E-state index < -0.39 is 0 Å². The SMILES string of the molecule is F.Nn1nc2ccccc2n1. The molecule has 0 radical (unpaired) electrons. The summed E-state index contributed by atoms with van der Waals surface area (Å²) in [6.45, 7) is 0. The molecule has 0 aliphatic carbocycles. The number of benzene rings is 1. The third-order valence-corrected chi connectivity index (χ3v) is 1.30. The standard InChI is InChI=1S/C6H6N4.FH/c7-10-8-5-3-1-2-4-6(5)9-10;/h1-4H,7H2;1H. The van der Waals surface area contributed by atoms with Crippen molar-refractivity contribution in [2.45, 2.75) is 0 Å². The number of hydrogen-bond acceptors (Lipinski definition) is 3. The van der Waals surface area contributed by atoms with Gasteiger partial charge in [0, 0.05) is 0 Å². The Morgan fingerprint density at radius 1 is 1.09 bits per heavy atom. The molecule has 0 aliphatic rings. The van der Waals surface area contributed by atoms with Crippen molar-refractivity contribution in [1.82, 2.24) is 15.1 Å². The molecule has 1 aromatic heterocycles. The lowest BCUT2D eigenvalue weighted by Gasteiger charge is -1.77. The summed E-state index contributed by atoms with van der Waals surface area (Å²) in [7, 11) is 0. The molecule has 0 saturated carbocycles. The molecule has 0 spiro atoms. The molecule has 0 atom stereocenters. The van der Waals surface area contributed by atoms with Gasteiger partial charge in [-0.2, -0.15) is 0 Å². The monoisotopic (exact) mass is 154 g/mol. The first-order chi connectivity index (χ1) is 4.86. The van der Waals surface area contributed by atoms with Gasteiger partial charge in [0.05, 0.1) is 0 Å². The third-order valence-electron chi connectivity index (χ3n) is 1.30. The van der Waals surface area contributed by atoms with Crippen molar-refractivity contribution in [3.8, 4) is 0 Å². The second-order valence-electron chi connectivity index (χ2n) is 2.01. The number of hydrogen-bond donors (Lipinski definition) is 1. The Morgan fingerprint density at radius 2 is 1.55 bits per heavy atom. The van der Waals surface area contributed by atoms with Gasteiger partial charge in [-0.3, -0.25) is 4.70 Å². The molecule has 1 aromatic carbocycles. The van der Waals surface area contributed by atoms with E-state index in [-0.39, 0.29) is 4.70 Å². The van der Waals surface area contributed by atoms with E-state index in [2.05, 4.69) is 10.2 Å². The Kier molecular flexibility index (Phi) is 1.72. The zero-order valence-corrected chi connectivity index (χ0v) is 5.64. The van der Waals surface area contributed by atoms with Crippen LogP contribution in [0, 0.1) is 0 Å². The topological polar surface area (TPSA) is 56.7 Å². The van der Waals surface area contributed by atoms with Crippen LogP contribution in [0.2, 0.25) is 0 Å². The van der Waals surface area contributed by atoms with Gasteiger partial charge in [-0.15, -0.1) is 10.2 Å². The van der Waals surface area contributed by atoms with E-state index >= 15 is 0 Å². The number of nitrogens with two attached hydrogens (primary N) is 1. The van der Waals surface area contributed by atoms with Crippen molar-refractivity contribution >= 4 is 11.0 Å². The maximum absolute atomic E-state index is 5.28. The summed E-state index contributed by atoms with van der Waals surface area (Å²) in [5.41, 5.74) is 1.65. The van der Waals surface area contributed by atoms with Gasteiger partial charge in [0.1, 0.15) is 11.0 Å². The molecule has 0 aliphatic heterocycles. The van der Waals surface area contributed by atoms with Crippen LogP contribution in [0.4, 0.5) is 4.70 Å². The Balaban J connectivity index is 0.000000605. The Labute approximate surface area is 61.9 Å². The molecule has 0 unspecified atom stereocenters. The van der Waals surface area contributed by atoms with Gasteiger partial charge in [0.25, 0.3) is 0 Å². The molecule has 0 saturated heterocycles. The largest absolute Gasteiger partial charge is 0.306 e. The van der Waals surface area contributed by atoms with Gasteiger partial charge in [0.2, 0.25) is 0 Å². The highest BCUT2D eigenvalue weighted by molar-refractivity contribution is 5.72. The number of nitrogen functional groups attached to an aromatic ring is 1. The van der Waals surface area contributed by atoms with E-state index in [1.807, 2.05) is 24.3 Å². The molecule has 4 nitrogen and oxygen atoms in total. The molecule has 0 amide bonds. The van der Waals surface area contributed by atoms with Gasteiger partial charge in [-0.25, -0.2) is 0 Å². The summed E-state index contributed by atoms with van der Waals surface area (Å²) in [5, 5.41) is 7.79. The highest BCUT2D eigenvalue weighted by atomic mass is 19.0. The van der Waals surface area contributed by atoms with E-state index in [0.29, 0.717) is 0 Å². The first-order valence-corrected chi connectivity index (χ1v) is 2.93. The molecule has 5 heteroatoms. The summed E-state index contributed by atoms with van der Waals surface area (Å²) >= 11 is 0. The second-order valence-corrected chi connectivity index (χ2v) is 2.01. The van der Waals surface area contributed by atoms with E-state index in [1.165, 1.54) is 0 Å². The summed E-state index contributed by atoms with van der Waals surface area (Å²) in [6, 6.07) is 7.53. The lowest BCUT2D eigenvalue weighted by Crippen LogP contribution is -2.11. The molecule has 0 fully saturated rings. The number of aromatic nitrogens is 3. The number of rotatable bonds is 0. The first kappa shape index (κ1) is 7.46. The maximum Gasteiger partial charge on any atom is 0.115 e. The van der Waals surface area contributed by atoms with Crippen LogP contribution in [0.3, 0.4) is 0 Å². The zero-order valence-electron chi connectivity index (χ0n) is 5.64. The van der Waals surface area contributed by atoms with Crippen molar-refractivity contribution in [1.29, 1.82) is 0 Å². The molecule has 11 heavy (non-hydrogen) atoms. The van der Waals surface area contributed by atoms with Gasteiger partial charge in [-0.1, -0.05) is 17.0 Å². The Hall–Kier alpha value is -1.65. The highest BCUT2D eigenvalue weighted by Crippen LogP contribution is 2.04. The first-order valence-electron chi connectivity index (χ1n) is 2.93. The molecule has 58 valence electrons. The summed E-state index contributed by atoms with van der Waals surface area (Å²) in [6.07, 6.45) is 0. The van der Waals surface area contributed by atoms with Crippen molar-refractivity contribution in [2.75, 3.05) is 5.84 Å². The van der Waals surface area contributed by atoms with Crippen molar-refractivity contribution in [3.63, 3.8) is 0 Å². The summed E-state index contributed by atoms with van der Waals surface area (Å²) < 4.78 is 0. The third kappa shape index (κ3) is 1.12. The lowest BCUT2D eigenvalue weighted by molar-refractivity contribution is 0.720. The minimum Gasteiger partial charge on any atom is -0.306 e. The van der Waals surface area contributed by atoms with Crippen molar-refractivity contribution < 1.29 is 4.70 Å². The number of fused-ring (bicyclic) bond motifs is 1. The van der Waals surface area contributed by atoms with Crippen LogP contribution in [0.1, 0.15) is 0 Å². The van der Waals surface area contributed by atoms with Crippen molar-refractivity contribution in [3.05, 3.63) is 24.3 Å². The molecule has 2 N–H and O–H groups in total. The van der Waals surface area contributed by atoms with Crippen LogP contribution < -0.4 is 5.84 Å². The van der Waals surface area contributed by atoms with Crippen LogP contribution in [-0.4, -0.2) is 15.1 Å². The van der Waals surface area contributed by atoms with Gasteiger partial charge < -0.3 is 5.84 Å². The minimum atomic E-state index is 0. The van der Waals surface area contributed by atoms with Crippen LogP contribution >= 0.6 is 0 Å². The molecular formula is C6H7FN4. The average Bonchev–Trinajstić information content (AvgIpc) is 2.27. The van der Waals surface area contributed by atoms with Crippen LogP contribution in [0.15, 0.2) is 24.3 Å².